The molecule has 0 bridgehead atoms. The predicted octanol–water partition coefficient (Wildman–Crippen LogP) is 2.48. The van der Waals surface area contributed by atoms with E-state index < -0.39 is 0 Å². The SMILES string of the molecule is CN(CCc1ccncc1)Cc1cc(N)cc(F)c1. The van der Waals surface area contributed by atoms with Crippen molar-refractivity contribution in [2.45, 2.75) is 13.0 Å². The lowest BCUT2D eigenvalue weighted by Gasteiger charge is -2.17. The van der Waals surface area contributed by atoms with E-state index in [9.17, 15) is 4.39 Å². The van der Waals surface area contributed by atoms with Crippen molar-refractivity contribution >= 4 is 5.69 Å². The fraction of sp³-hybridized carbons (Fsp3) is 0.267. The number of anilines is 1. The van der Waals surface area contributed by atoms with Gasteiger partial charge >= 0.3 is 0 Å². The number of rotatable bonds is 5. The number of nitrogens with zero attached hydrogens (tertiary/aromatic N) is 2. The molecule has 19 heavy (non-hydrogen) atoms. The van der Waals surface area contributed by atoms with Crippen LogP contribution in [0.25, 0.3) is 0 Å². The van der Waals surface area contributed by atoms with Crippen LogP contribution < -0.4 is 5.73 Å². The van der Waals surface area contributed by atoms with Gasteiger partial charge in [-0.15, -0.1) is 0 Å². The third kappa shape index (κ3) is 4.34. The Balaban J connectivity index is 1.89. The summed E-state index contributed by atoms with van der Waals surface area (Å²) in [5, 5.41) is 0. The lowest BCUT2D eigenvalue weighted by atomic mass is 10.1. The molecule has 0 saturated carbocycles. The Hall–Kier alpha value is -1.94. The number of hydrogen-bond donors (Lipinski definition) is 1. The first-order valence-corrected chi connectivity index (χ1v) is 6.26. The van der Waals surface area contributed by atoms with Crippen molar-refractivity contribution in [2.24, 2.45) is 0 Å². The highest BCUT2D eigenvalue weighted by Crippen LogP contribution is 2.12. The number of halogens is 1. The Bertz CT molecular complexity index is 508. The molecule has 2 aromatic rings. The van der Waals surface area contributed by atoms with Crippen molar-refractivity contribution < 1.29 is 4.39 Å². The van der Waals surface area contributed by atoms with Crippen molar-refractivity contribution in [3.05, 3.63) is 59.7 Å². The van der Waals surface area contributed by atoms with Crippen LogP contribution in [-0.4, -0.2) is 23.5 Å². The summed E-state index contributed by atoms with van der Waals surface area (Å²) in [6.07, 6.45) is 4.54. The average molecular weight is 259 g/mol. The Kier molecular flexibility index (Phi) is 4.47. The molecule has 0 atom stereocenters. The topological polar surface area (TPSA) is 42.2 Å². The Morgan fingerprint density at radius 1 is 1.16 bits per heavy atom. The number of nitrogen functional groups attached to an aromatic ring is 1. The number of nitrogens with two attached hydrogens (primary N) is 1. The lowest BCUT2D eigenvalue weighted by Crippen LogP contribution is -2.20. The summed E-state index contributed by atoms with van der Waals surface area (Å²) in [6.45, 7) is 1.59. The molecule has 2 N–H and O–H groups in total. The molecular formula is C15H18FN3. The quantitative estimate of drug-likeness (QED) is 0.839. The summed E-state index contributed by atoms with van der Waals surface area (Å²) in [6, 6.07) is 8.69. The van der Waals surface area contributed by atoms with Crippen LogP contribution in [0.15, 0.2) is 42.7 Å². The van der Waals surface area contributed by atoms with Gasteiger partial charge in [0.1, 0.15) is 5.82 Å². The van der Waals surface area contributed by atoms with Crippen LogP contribution in [-0.2, 0) is 13.0 Å². The van der Waals surface area contributed by atoms with Gasteiger partial charge in [0.15, 0.2) is 0 Å². The number of benzene rings is 1. The highest BCUT2D eigenvalue weighted by Gasteiger charge is 2.03. The van der Waals surface area contributed by atoms with Crippen LogP contribution >= 0.6 is 0 Å². The number of aromatic nitrogens is 1. The van der Waals surface area contributed by atoms with E-state index in [1.807, 2.05) is 25.2 Å². The average Bonchev–Trinajstić information content (AvgIpc) is 2.36. The molecule has 2 rings (SSSR count). The van der Waals surface area contributed by atoms with E-state index in [-0.39, 0.29) is 5.82 Å². The van der Waals surface area contributed by atoms with E-state index in [1.54, 1.807) is 12.4 Å². The first-order chi connectivity index (χ1) is 9.13. The normalized spacial score (nSPS) is 10.9. The molecule has 0 aliphatic rings. The summed E-state index contributed by atoms with van der Waals surface area (Å²) in [5.74, 6) is -0.280. The minimum atomic E-state index is -0.280. The van der Waals surface area contributed by atoms with E-state index in [4.69, 9.17) is 5.73 Å². The van der Waals surface area contributed by atoms with Crippen LogP contribution in [0.3, 0.4) is 0 Å². The highest BCUT2D eigenvalue weighted by atomic mass is 19.1. The minimum absolute atomic E-state index is 0.280. The molecule has 1 aromatic carbocycles. The van der Waals surface area contributed by atoms with Gasteiger partial charge in [-0.05, 0) is 54.9 Å². The van der Waals surface area contributed by atoms with Gasteiger partial charge in [0.25, 0.3) is 0 Å². The molecular weight excluding hydrogens is 241 g/mol. The molecule has 0 aliphatic heterocycles. The number of pyridine rings is 1. The van der Waals surface area contributed by atoms with Crippen molar-refractivity contribution in [2.75, 3.05) is 19.3 Å². The van der Waals surface area contributed by atoms with Gasteiger partial charge in [0, 0.05) is 31.2 Å². The first kappa shape index (κ1) is 13.5. The van der Waals surface area contributed by atoms with E-state index in [1.165, 1.54) is 17.7 Å². The molecule has 0 spiro atoms. The number of hydrogen-bond acceptors (Lipinski definition) is 3. The largest absolute Gasteiger partial charge is 0.399 e. The van der Waals surface area contributed by atoms with Gasteiger partial charge in [0.2, 0.25) is 0 Å². The molecule has 0 unspecified atom stereocenters. The molecule has 4 heteroatoms. The smallest absolute Gasteiger partial charge is 0.125 e. The van der Waals surface area contributed by atoms with Crippen LogP contribution in [0.2, 0.25) is 0 Å². The van der Waals surface area contributed by atoms with Crippen molar-refractivity contribution in [3.8, 4) is 0 Å². The second-order valence-electron chi connectivity index (χ2n) is 4.74. The zero-order valence-corrected chi connectivity index (χ0v) is 11.0. The highest BCUT2D eigenvalue weighted by molar-refractivity contribution is 5.41. The summed E-state index contributed by atoms with van der Waals surface area (Å²) in [7, 11) is 2.02. The van der Waals surface area contributed by atoms with Gasteiger partial charge in [-0.2, -0.15) is 0 Å². The maximum atomic E-state index is 13.2. The van der Waals surface area contributed by atoms with Crippen LogP contribution in [0.1, 0.15) is 11.1 Å². The standard InChI is InChI=1S/C15H18FN3/c1-19(7-4-12-2-5-18-6-3-12)11-13-8-14(16)10-15(17)9-13/h2-3,5-6,8-10H,4,7,11,17H2,1H3. The summed E-state index contributed by atoms with van der Waals surface area (Å²) >= 11 is 0. The van der Waals surface area contributed by atoms with Gasteiger partial charge in [-0.3, -0.25) is 4.98 Å². The Morgan fingerprint density at radius 3 is 2.58 bits per heavy atom. The zero-order chi connectivity index (χ0) is 13.7. The van der Waals surface area contributed by atoms with Gasteiger partial charge in [-0.25, -0.2) is 4.39 Å². The number of likely N-dealkylation sites (N-methyl/N-ethyl adjacent to an activating group) is 1. The van der Waals surface area contributed by atoms with E-state index in [0.29, 0.717) is 12.2 Å². The molecule has 3 nitrogen and oxygen atoms in total. The fourth-order valence-corrected chi connectivity index (χ4v) is 2.03. The van der Waals surface area contributed by atoms with E-state index >= 15 is 0 Å². The maximum absolute atomic E-state index is 13.2. The molecule has 100 valence electrons. The second kappa shape index (κ2) is 6.29. The van der Waals surface area contributed by atoms with Crippen molar-refractivity contribution in [3.63, 3.8) is 0 Å². The van der Waals surface area contributed by atoms with Crippen LogP contribution in [0, 0.1) is 5.82 Å². The predicted molar refractivity (Wildman–Crippen MR) is 75.1 cm³/mol. The van der Waals surface area contributed by atoms with E-state index in [0.717, 1.165) is 18.5 Å². The van der Waals surface area contributed by atoms with Crippen LogP contribution in [0.5, 0.6) is 0 Å². The van der Waals surface area contributed by atoms with Gasteiger partial charge in [0.05, 0.1) is 0 Å². The van der Waals surface area contributed by atoms with Gasteiger partial charge < -0.3 is 10.6 Å². The molecule has 0 aliphatic carbocycles. The second-order valence-corrected chi connectivity index (χ2v) is 4.74. The fourth-order valence-electron chi connectivity index (χ4n) is 2.03. The molecule has 0 amide bonds. The third-order valence-corrected chi connectivity index (χ3v) is 2.96. The van der Waals surface area contributed by atoms with Gasteiger partial charge in [-0.1, -0.05) is 0 Å². The summed E-state index contributed by atoms with van der Waals surface area (Å²) in [5.41, 5.74) is 8.25. The molecule has 0 fully saturated rings. The molecule has 0 radical (unpaired) electrons. The van der Waals surface area contributed by atoms with Crippen molar-refractivity contribution in [1.82, 2.24) is 9.88 Å². The molecule has 1 heterocycles. The third-order valence-electron chi connectivity index (χ3n) is 2.96. The molecule has 0 saturated heterocycles. The minimum Gasteiger partial charge on any atom is -0.399 e. The zero-order valence-electron chi connectivity index (χ0n) is 11.0. The van der Waals surface area contributed by atoms with E-state index in [2.05, 4.69) is 9.88 Å². The summed E-state index contributed by atoms with van der Waals surface area (Å²) in [4.78, 5) is 6.14. The Morgan fingerprint density at radius 2 is 1.89 bits per heavy atom. The Labute approximate surface area is 112 Å². The monoisotopic (exact) mass is 259 g/mol. The first-order valence-electron chi connectivity index (χ1n) is 6.26. The molecule has 1 aromatic heterocycles. The lowest BCUT2D eigenvalue weighted by molar-refractivity contribution is 0.330. The maximum Gasteiger partial charge on any atom is 0.125 e. The van der Waals surface area contributed by atoms with Crippen molar-refractivity contribution in [1.29, 1.82) is 0 Å². The van der Waals surface area contributed by atoms with Crippen LogP contribution in [0.4, 0.5) is 10.1 Å². The summed E-state index contributed by atoms with van der Waals surface area (Å²) < 4.78 is 13.2.